The zero-order valence-corrected chi connectivity index (χ0v) is 16.4. The number of rotatable bonds is 2. The topological polar surface area (TPSA) is 46.5 Å². The smallest absolute Gasteiger partial charge is 0.343 e. The third-order valence-electron chi connectivity index (χ3n) is 7.66. The Bertz CT molecular complexity index is 890. The maximum atomic E-state index is 12.4. The summed E-state index contributed by atoms with van der Waals surface area (Å²) in [6.45, 7) is 2.39. The summed E-state index contributed by atoms with van der Waals surface area (Å²) in [5.41, 5.74) is 3.68. The zero-order chi connectivity index (χ0) is 19.3. The van der Waals surface area contributed by atoms with Crippen LogP contribution in [0.1, 0.15) is 66.4 Å². The number of carbonyl (C=O) groups excluding carboxylic acids is 1. The number of aliphatic hydroxyl groups is 1. The van der Waals surface area contributed by atoms with Gasteiger partial charge in [-0.3, -0.25) is 0 Å². The summed E-state index contributed by atoms with van der Waals surface area (Å²) >= 11 is 0. The van der Waals surface area contributed by atoms with Crippen LogP contribution in [-0.4, -0.2) is 17.2 Å². The summed E-state index contributed by atoms with van der Waals surface area (Å²) < 4.78 is 5.63. The SMILES string of the molecule is C[C@]12CC[C@H]3c4ccc(OC(=O)c5ccccc5)cc4CC[C@@H]3[C@@H]1C[C@H](O)C2. The molecule has 1 N–H and O–H groups in total. The molecule has 2 aromatic carbocycles. The zero-order valence-electron chi connectivity index (χ0n) is 16.4. The van der Waals surface area contributed by atoms with Crippen LogP contribution in [0.5, 0.6) is 5.75 Å². The number of esters is 1. The van der Waals surface area contributed by atoms with Gasteiger partial charge in [0.2, 0.25) is 0 Å². The molecule has 0 aliphatic heterocycles. The van der Waals surface area contributed by atoms with Crippen molar-refractivity contribution in [2.24, 2.45) is 17.3 Å². The summed E-state index contributed by atoms with van der Waals surface area (Å²) in [6.07, 6.45) is 6.47. The molecule has 0 amide bonds. The highest BCUT2D eigenvalue weighted by molar-refractivity contribution is 5.91. The highest BCUT2D eigenvalue weighted by Gasteiger charge is 2.52. The fourth-order valence-electron chi connectivity index (χ4n) is 6.38. The van der Waals surface area contributed by atoms with Gasteiger partial charge in [-0.05, 0) is 97.1 Å². The maximum Gasteiger partial charge on any atom is 0.343 e. The molecule has 3 heteroatoms. The van der Waals surface area contributed by atoms with Crippen LogP contribution in [0, 0.1) is 17.3 Å². The van der Waals surface area contributed by atoms with E-state index >= 15 is 0 Å². The molecular weight excluding hydrogens is 348 g/mol. The van der Waals surface area contributed by atoms with Crippen LogP contribution in [0.3, 0.4) is 0 Å². The van der Waals surface area contributed by atoms with E-state index in [2.05, 4.69) is 19.1 Å². The Hall–Kier alpha value is -2.13. The molecular formula is C25H28O3. The summed E-state index contributed by atoms with van der Waals surface area (Å²) in [7, 11) is 0. The van der Waals surface area contributed by atoms with Gasteiger partial charge >= 0.3 is 5.97 Å². The molecule has 0 heterocycles. The number of aryl methyl sites for hydroxylation is 1. The second-order valence-electron chi connectivity index (χ2n) is 9.32. The van der Waals surface area contributed by atoms with Gasteiger partial charge in [0.05, 0.1) is 11.7 Å². The fraction of sp³-hybridized carbons (Fsp3) is 0.480. The van der Waals surface area contributed by atoms with Crippen LogP contribution in [0.2, 0.25) is 0 Å². The van der Waals surface area contributed by atoms with Crippen molar-refractivity contribution in [3.8, 4) is 5.75 Å². The van der Waals surface area contributed by atoms with E-state index in [4.69, 9.17) is 4.74 Å². The second kappa shape index (κ2) is 6.73. The number of ether oxygens (including phenoxy) is 1. The van der Waals surface area contributed by atoms with Crippen LogP contribution >= 0.6 is 0 Å². The maximum absolute atomic E-state index is 12.4. The Labute approximate surface area is 166 Å². The average Bonchev–Trinajstić information content (AvgIpc) is 3.02. The van der Waals surface area contributed by atoms with Gasteiger partial charge in [0.25, 0.3) is 0 Å². The third kappa shape index (κ3) is 2.97. The molecule has 0 radical (unpaired) electrons. The normalized spacial score (nSPS) is 33.5. The van der Waals surface area contributed by atoms with Crippen molar-refractivity contribution < 1.29 is 14.6 Å². The van der Waals surface area contributed by atoms with Gasteiger partial charge in [0.1, 0.15) is 5.75 Å². The standard InChI is InChI=1S/C25H28O3/c1-25-12-11-21-20-10-8-19(28-24(27)16-5-3-2-4-6-16)13-17(20)7-9-22(21)23(25)14-18(26)15-25/h2-6,8,10,13,18,21-23,26H,7,9,11-12,14-15H2,1H3/t18-,21-,22-,23-,25+/m0/s1. The van der Waals surface area contributed by atoms with Crippen LogP contribution in [0.4, 0.5) is 0 Å². The molecule has 28 heavy (non-hydrogen) atoms. The molecule has 3 aliphatic carbocycles. The minimum atomic E-state index is -0.303. The van der Waals surface area contributed by atoms with Crippen LogP contribution in [-0.2, 0) is 6.42 Å². The molecule has 0 bridgehead atoms. The lowest BCUT2D eigenvalue weighted by Gasteiger charge is -2.49. The van der Waals surface area contributed by atoms with Gasteiger partial charge in [-0.2, -0.15) is 0 Å². The van der Waals surface area contributed by atoms with Gasteiger partial charge in [-0.25, -0.2) is 4.79 Å². The first-order valence-corrected chi connectivity index (χ1v) is 10.6. The summed E-state index contributed by atoms with van der Waals surface area (Å²) in [4.78, 5) is 12.4. The van der Waals surface area contributed by atoms with E-state index in [0.29, 0.717) is 34.5 Å². The van der Waals surface area contributed by atoms with Crippen LogP contribution in [0.15, 0.2) is 48.5 Å². The number of aliphatic hydroxyl groups excluding tert-OH is 1. The second-order valence-corrected chi connectivity index (χ2v) is 9.32. The summed E-state index contributed by atoms with van der Waals surface area (Å²) in [5.74, 6) is 2.25. The molecule has 146 valence electrons. The Morgan fingerprint density at radius 3 is 2.79 bits per heavy atom. The Balaban J connectivity index is 1.37. The predicted octanol–water partition coefficient (Wildman–Crippen LogP) is 5.12. The Kier molecular flexibility index (Phi) is 4.31. The van der Waals surface area contributed by atoms with E-state index in [1.807, 2.05) is 24.3 Å². The third-order valence-corrected chi connectivity index (χ3v) is 7.66. The lowest BCUT2D eigenvalue weighted by atomic mass is 9.56. The van der Waals surface area contributed by atoms with E-state index in [-0.39, 0.29) is 12.1 Å². The molecule has 5 rings (SSSR count). The fourth-order valence-corrected chi connectivity index (χ4v) is 6.38. The highest BCUT2D eigenvalue weighted by atomic mass is 16.5. The molecule has 3 nitrogen and oxygen atoms in total. The average molecular weight is 376 g/mol. The molecule has 5 atom stereocenters. The predicted molar refractivity (Wildman–Crippen MR) is 108 cm³/mol. The summed E-state index contributed by atoms with van der Waals surface area (Å²) in [6, 6.07) is 15.4. The molecule has 0 aromatic heterocycles. The minimum absolute atomic E-state index is 0.116. The molecule has 2 saturated carbocycles. The van der Waals surface area contributed by atoms with Crippen molar-refractivity contribution in [3.05, 3.63) is 65.2 Å². The number of hydrogen-bond donors (Lipinski definition) is 1. The Morgan fingerprint density at radius 1 is 1.14 bits per heavy atom. The van der Waals surface area contributed by atoms with Gasteiger partial charge in [0, 0.05) is 0 Å². The van der Waals surface area contributed by atoms with Crippen LogP contribution in [0.25, 0.3) is 0 Å². The van der Waals surface area contributed by atoms with E-state index in [0.717, 1.165) is 19.3 Å². The van der Waals surface area contributed by atoms with Crippen molar-refractivity contribution in [1.82, 2.24) is 0 Å². The number of hydrogen-bond acceptors (Lipinski definition) is 3. The first-order valence-electron chi connectivity index (χ1n) is 10.6. The molecule has 0 unspecified atom stereocenters. The first-order chi connectivity index (χ1) is 13.5. The number of benzene rings is 2. The minimum Gasteiger partial charge on any atom is -0.423 e. The van der Waals surface area contributed by atoms with Crippen molar-refractivity contribution in [3.63, 3.8) is 0 Å². The van der Waals surface area contributed by atoms with Crippen molar-refractivity contribution in [1.29, 1.82) is 0 Å². The van der Waals surface area contributed by atoms with Gasteiger partial charge in [0.15, 0.2) is 0 Å². The first kappa shape index (κ1) is 17.9. The molecule has 2 fully saturated rings. The Morgan fingerprint density at radius 2 is 1.96 bits per heavy atom. The largest absolute Gasteiger partial charge is 0.423 e. The summed E-state index contributed by atoms with van der Waals surface area (Å²) in [5, 5.41) is 10.3. The van der Waals surface area contributed by atoms with Crippen molar-refractivity contribution in [2.45, 2.75) is 57.5 Å². The van der Waals surface area contributed by atoms with E-state index < -0.39 is 0 Å². The molecule has 2 aromatic rings. The highest BCUT2D eigenvalue weighted by Crippen LogP contribution is 2.60. The molecule has 0 spiro atoms. The quantitative estimate of drug-likeness (QED) is 0.584. The molecule has 3 aliphatic rings. The number of carbonyl (C=O) groups is 1. The van der Waals surface area contributed by atoms with Crippen molar-refractivity contribution in [2.75, 3.05) is 0 Å². The van der Waals surface area contributed by atoms with Gasteiger partial charge in [-0.1, -0.05) is 31.2 Å². The lowest BCUT2D eigenvalue weighted by Crippen LogP contribution is -2.39. The van der Waals surface area contributed by atoms with Crippen molar-refractivity contribution >= 4 is 5.97 Å². The number of fused-ring (bicyclic) bond motifs is 5. The van der Waals surface area contributed by atoms with Crippen LogP contribution < -0.4 is 4.74 Å². The molecule has 0 saturated heterocycles. The lowest BCUT2D eigenvalue weighted by molar-refractivity contribution is 0.0594. The van der Waals surface area contributed by atoms with E-state index in [1.165, 1.54) is 30.4 Å². The van der Waals surface area contributed by atoms with Gasteiger partial charge < -0.3 is 9.84 Å². The van der Waals surface area contributed by atoms with Gasteiger partial charge in [-0.15, -0.1) is 0 Å². The monoisotopic (exact) mass is 376 g/mol. The van der Waals surface area contributed by atoms with E-state index in [1.54, 1.807) is 12.1 Å². The van der Waals surface area contributed by atoms with E-state index in [9.17, 15) is 9.90 Å².